The van der Waals surface area contributed by atoms with Crippen LogP contribution >= 0.6 is 0 Å². The molecule has 7 heteroatoms. The standard InChI is InChI=1S/C7H9F3O3S/c8-7(9,10)6(13-14(11)12)5-3-1-2-4-5/h1-2,5-6,14H,3-4H2. The van der Waals surface area contributed by atoms with E-state index < -0.39 is 29.2 Å². The van der Waals surface area contributed by atoms with Crippen molar-refractivity contribution in [2.75, 3.05) is 0 Å². The van der Waals surface area contributed by atoms with E-state index in [2.05, 4.69) is 4.18 Å². The van der Waals surface area contributed by atoms with Crippen molar-refractivity contribution in [3.63, 3.8) is 0 Å². The van der Waals surface area contributed by atoms with E-state index in [1.165, 1.54) is 0 Å². The smallest absolute Gasteiger partial charge is 0.259 e. The third-order valence-electron chi connectivity index (χ3n) is 1.99. The van der Waals surface area contributed by atoms with Gasteiger partial charge in [0.25, 0.3) is 11.0 Å². The minimum absolute atomic E-state index is 0.202. The van der Waals surface area contributed by atoms with Crippen molar-refractivity contribution in [3.8, 4) is 0 Å². The van der Waals surface area contributed by atoms with E-state index in [-0.39, 0.29) is 12.8 Å². The van der Waals surface area contributed by atoms with Crippen LogP contribution in [0.1, 0.15) is 12.8 Å². The predicted molar refractivity (Wildman–Crippen MR) is 43.1 cm³/mol. The molecule has 1 aliphatic carbocycles. The second kappa shape index (κ2) is 4.31. The van der Waals surface area contributed by atoms with Crippen molar-refractivity contribution in [1.82, 2.24) is 0 Å². The molecule has 0 aliphatic heterocycles. The van der Waals surface area contributed by atoms with Crippen LogP contribution in [0.4, 0.5) is 13.2 Å². The Labute approximate surface area is 80.7 Å². The van der Waals surface area contributed by atoms with Crippen LogP contribution in [0, 0.1) is 5.92 Å². The first-order valence-electron chi connectivity index (χ1n) is 3.94. The van der Waals surface area contributed by atoms with Crippen molar-refractivity contribution in [2.45, 2.75) is 25.1 Å². The van der Waals surface area contributed by atoms with Crippen LogP contribution in [-0.2, 0) is 15.2 Å². The minimum Gasteiger partial charge on any atom is -0.259 e. The van der Waals surface area contributed by atoms with Crippen LogP contribution in [0.3, 0.4) is 0 Å². The molecule has 0 bridgehead atoms. The highest BCUT2D eigenvalue weighted by Crippen LogP contribution is 2.34. The summed E-state index contributed by atoms with van der Waals surface area (Å²) in [5.74, 6) is -0.817. The normalized spacial score (nSPS) is 20.6. The van der Waals surface area contributed by atoms with Crippen molar-refractivity contribution in [2.24, 2.45) is 5.92 Å². The number of thiol groups is 1. The highest BCUT2D eigenvalue weighted by atomic mass is 32.2. The van der Waals surface area contributed by atoms with E-state index in [0.29, 0.717) is 0 Å². The summed E-state index contributed by atoms with van der Waals surface area (Å²) in [6.45, 7) is 0. The Morgan fingerprint density at radius 3 is 2.14 bits per heavy atom. The molecule has 1 atom stereocenters. The quantitative estimate of drug-likeness (QED) is 0.589. The molecule has 0 saturated heterocycles. The molecule has 0 N–H and O–H groups in total. The van der Waals surface area contributed by atoms with E-state index in [1.54, 1.807) is 12.2 Å². The Morgan fingerprint density at radius 1 is 1.29 bits per heavy atom. The van der Waals surface area contributed by atoms with Crippen LogP contribution in [0.25, 0.3) is 0 Å². The van der Waals surface area contributed by atoms with Crippen molar-refractivity contribution in [1.29, 1.82) is 0 Å². The molecular formula is C7H9F3O3S. The van der Waals surface area contributed by atoms with Gasteiger partial charge in [-0.3, -0.25) is 4.18 Å². The summed E-state index contributed by atoms with van der Waals surface area (Å²) >= 11 is 0. The largest absolute Gasteiger partial charge is 0.416 e. The van der Waals surface area contributed by atoms with Crippen LogP contribution < -0.4 is 0 Å². The molecule has 0 spiro atoms. The highest BCUT2D eigenvalue weighted by molar-refractivity contribution is 7.67. The Morgan fingerprint density at radius 2 is 1.79 bits per heavy atom. The summed E-state index contributed by atoms with van der Waals surface area (Å²) in [5, 5.41) is 0. The van der Waals surface area contributed by atoms with Gasteiger partial charge in [0.1, 0.15) is 0 Å². The lowest BCUT2D eigenvalue weighted by Gasteiger charge is -2.22. The fraction of sp³-hybridized carbons (Fsp3) is 0.714. The van der Waals surface area contributed by atoms with E-state index >= 15 is 0 Å². The van der Waals surface area contributed by atoms with Gasteiger partial charge in [-0.2, -0.15) is 13.2 Å². The van der Waals surface area contributed by atoms with Gasteiger partial charge in [-0.25, -0.2) is 8.42 Å². The molecule has 1 unspecified atom stereocenters. The van der Waals surface area contributed by atoms with Gasteiger partial charge in [0, 0.05) is 5.92 Å². The summed E-state index contributed by atoms with van der Waals surface area (Å²) in [7, 11) is -3.47. The molecule has 0 saturated carbocycles. The molecule has 0 amide bonds. The molecular weight excluding hydrogens is 221 g/mol. The summed E-state index contributed by atoms with van der Waals surface area (Å²) in [6.07, 6.45) is -3.26. The number of hydrogen-bond acceptors (Lipinski definition) is 3. The molecule has 0 aromatic carbocycles. The predicted octanol–water partition coefficient (Wildman–Crippen LogP) is 1.43. The summed E-state index contributed by atoms with van der Waals surface area (Å²) in [5.41, 5.74) is 0. The van der Waals surface area contributed by atoms with E-state index in [1.807, 2.05) is 0 Å². The molecule has 0 aromatic rings. The summed E-state index contributed by atoms with van der Waals surface area (Å²) in [4.78, 5) is 0. The van der Waals surface area contributed by atoms with Gasteiger partial charge in [-0.05, 0) is 12.8 Å². The van der Waals surface area contributed by atoms with E-state index in [4.69, 9.17) is 0 Å². The first-order valence-corrected chi connectivity index (χ1v) is 5.03. The van der Waals surface area contributed by atoms with Gasteiger partial charge in [0.05, 0.1) is 0 Å². The molecule has 0 fully saturated rings. The van der Waals surface area contributed by atoms with Crippen molar-refractivity contribution >= 4 is 11.0 Å². The van der Waals surface area contributed by atoms with E-state index in [9.17, 15) is 21.6 Å². The monoisotopic (exact) mass is 230 g/mol. The average Bonchev–Trinajstić information content (AvgIpc) is 2.49. The second-order valence-corrected chi connectivity index (χ2v) is 3.65. The van der Waals surface area contributed by atoms with Gasteiger partial charge < -0.3 is 0 Å². The lowest BCUT2D eigenvalue weighted by atomic mass is 10.00. The van der Waals surface area contributed by atoms with Gasteiger partial charge in [0.2, 0.25) is 0 Å². The van der Waals surface area contributed by atoms with Crippen molar-refractivity contribution in [3.05, 3.63) is 12.2 Å². The molecule has 1 rings (SSSR count). The maximum absolute atomic E-state index is 12.3. The molecule has 82 valence electrons. The lowest BCUT2D eigenvalue weighted by Crippen LogP contribution is -2.37. The Bertz CT molecular complexity index is 279. The fourth-order valence-corrected chi connectivity index (χ4v) is 1.87. The van der Waals surface area contributed by atoms with Crippen LogP contribution in [-0.4, -0.2) is 20.7 Å². The maximum atomic E-state index is 12.3. The van der Waals surface area contributed by atoms with Crippen LogP contribution in [0.2, 0.25) is 0 Å². The Balaban J connectivity index is 2.71. The number of hydrogen-bond donors (Lipinski definition) is 1. The first-order chi connectivity index (χ1) is 6.41. The van der Waals surface area contributed by atoms with Crippen molar-refractivity contribution < 1.29 is 25.8 Å². The summed E-state index contributed by atoms with van der Waals surface area (Å²) < 4.78 is 61.0. The topological polar surface area (TPSA) is 43.4 Å². The van der Waals surface area contributed by atoms with Crippen LogP contribution in [0.5, 0.6) is 0 Å². The number of rotatable bonds is 3. The number of allylic oxidation sites excluding steroid dienone is 2. The molecule has 0 heterocycles. The molecule has 0 radical (unpaired) electrons. The Kier molecular flexibility index (Phi) is 3.54. The molecule has 3 nitrogen and oxygen atoms in total. The highest BCUT2D eigenvalue weighted by Gasteiger charge is 2.46. The SMILES string of the molecule is O=[SH](=O)OC(C1CC=CC1)C(F)(F)F. The van der Waals surface area contributed by atoms with Gasteiger partial charge in [-0.1, -0.05) is 12.2 Å². The lowest BCUT2D eigenvalue weighted by molar-refractivity contribution is -0.206. The third-order valence-corrected chi connectivity index (χ3v) is 2.39. The number of halogens is 3. The first kappa shape index (κ1) is 11.5. The summed E-state index contributed by atoms with van der Waals surface area (Å²) in [6, 6.07) is 0. The zero-order valence-electron chi connectivity index (χ0n) is 7.03. The molecule has 0 aromatic heterocycles. The number of alkyl halides is 3. The molecule has 14 heavy (non-hydrogen) atoms. The zero-order chi connectivity index (χ0) is 10.8. The second-order valence-electron chi connectivity index (χ2n) is 2.99. The van der Waals surface area contributed by atoms with Gasteiger partial charge in [0.15, 0.2) is 6.10 Å². The fourth-order valence-electron chi connectivity index (χ4n) is 1.39. The zero-order valence-corrected chi connectivity index (χ0v) is 7.92. The third kappa shape index (κ3) is 2.98. The van der Waals surface area contributed by atoms with E-state index in [0.717, 1.165) is 0 Å². The molecule has 1 aliphatic rings. The van der Waals surface area contributed by atoms with Gasteiger partial charge >= 0.3 is 6.18 Å². The van der Waals surface area contributed by atoms with Gasteiger partial charge in [-0.15, -0.1) is 0 Å². The minimum atomic E-state index is -4.63. The van der Waals surface area contributed by atoms with Crippen LogP contribution in [0.15, 0.2) is 12.2 Å². The Hall–Kier alpha value is -0.560. The average molecular weight is 230 g/mol. The maximum Gasteiger partial charge on any atom is 0.416 e.